The number of amides is 2. The van der Waals surface area contributed by atoms with E-state index in [4.69, 9.17) is 11.5 Å². The molecule has 0 bridgehead atoms. The molecular formula is C16H16FN3O2. The van der Waals surface area contributed by atoms with E-state index < -0.39 is 17.6 Å². The number of primary amides is 1. The SMILES string of the molecule is NCCN(C(=O)c1ccccc1F)c1ccccc1C(N)=O. The fourth-order valence-corrected chi connectivity index (χ4v) is 2.16. The number of nitrogens with two attached hydrogens (primary N) is 2. The van der Waals surface area contributed by atoms with Crippen molar-refractivity contribution in [2.24, 2.45) is 11.5 Å². The van der Waals surface area contributed by atoms with Crippen molar-refractivity contribution in [2.45, 2.75) is 0 Å². The lowest BCUT2D eigenvalue weighted by Gasteiger charge is -2.24. The summed E-state index contributed by atoms with van der Waals surface area (Å²) in [6, 6.07) is 12.0. The van der Waals surface area contributed by atoms with Crippen molar-refractivity contribution in [3.63, 3.8) is 0 Å². The quantitative estimate of drug-likeness (QED) is 0.877. The molecule has 0 aliphatic heterocycles. The highest BCUT2D eigenvalue weighted by Gasteiger charge is 2.23. The molecule has 0 saturated heterocycles. The maximum atomic E-state index is 13.8. The van der Waals surface area contributed by atoms with Gasteiger partial charge in [-0.15, -0.1) is 0 Å². The predicted octanol–water partition coefficient (Wildman–Crippen LogP) is 1.53. The van der Waals surface area contributed by atoms with Gasteiger partial charge < -0.3 is 16.4 Å². The lowest BCUT2D eigenvalue weighted by molar-refractivity contribution is 0.0983. The number of hydrogen-bond donors (Lipinski definition) is 2. The van der Waals surface area contributed by atoms with E-state index in [1.807, 2.05) is 0 Å². The predicted molar refractivity (Wildman–Crippen MR) is 82.1 cm³/mol. The summed E-state index contributed by atoms with van der Waals surface area (Å²) in [6.45, 7) is 0.296. The molecule has 0 atom stereocenters. The maximum Gasteiger partial charge on any atom is 0.261 e. The number of nitrogens with zero attached hydrogens (tertiary/aromatic N) is 1. The highest BCUT2D eigenvalue weighted by atomic mass is 19.1. The lowest BCUT2D eigenvalue weighted by atomic mass is 10.1. The van der Waals surface area contributed by atoms with Gasteiger partial charge >= 0.3 is 0 Å². The molecular weight excluding hydrogens is 285 g/mol. The molecule has 0 spiro atoms. The molecule has 5 nitrogen and oxygen atoms in total. The highest BCUT2D eigenvalue weighted by Crippen LogP contribution is 2.22. The molecule has 2 rings (SSSR count). The van der Waals surface area contributed by atoms with Crippen molar-refractivity contribution in [2.75, 3.05) is 18.0 Å². The summed E-state index contributed by atoms with van der Waals surface area (Å²) >= 11 is 0. The van der Waals surface area contributed by atoms with Crippen LogP contribution >= 0.6 is 0 Å². The van der Waals surface area contributed by atoms with E-state index in [0.29, 0.717) is 5.69 Å². The van der Waals surface area contributed by atoms with Gasteiger partial charge in [0, 0.05) is 13.1 Å². The molecule has 0 unspecified atom stereocenters. The van der Waals surface area contributed by atoms with Gasteiger partial charge in [-0.25, -0.2) is 4.39 Å². The van der Waals surface area contributed by atoms with Gasteiger partial charge in [-0.1, -0.05) is 24.3 Å². The van der Waals surface area contributed by atoms with Crippen molar-refractivity contribution in [1.29, 1.82) is 0 Å². The van der Waals surface area contributed by atoms with Gasteiger partial charge in [0.25, 0.3) is 11.8 Å². The molecule has 0 heterocycles. The molecule has 2 aromatic rings. The largest absolute Gasteiger partial charge is 0.366 e. The van der Waals surface area contributed by atoms with E-state index in [0.717, 1.165) is 0 Å². The van der Waals surface area contributed by atoms with Gasteiger partial charge in [-0.2, -0.15) is 0 Å². The van der Waals surface area contributed by atoms with E-state index >= 15 is 0 Å². The van der Waals surface area contributed by atoms with Crippen molar-refractivity contribution < 1.29 is 14.0 Å². The first-order valence-corrected chi connectivity index (χ1v) is 6.71. The lowest BCUT2D eigenvalue weighted by Crippen LogP contribution is -2.37. The zero-order valence-electron chi connectivity index (χ0n) is 11.8. The second kappa shape index (κ2) is 6.82. The second-order valence-electron chi connectivity index (χ2n) is 4.61. The van der Waals surface area contributed by atoms with Crippen LogP contribution in [0.2, 0.25) is 0 Å². The third-order valence-electron chi connectivity index (χ3n) is 3.16. The van der Waals surface area contributed by atoms with Crippen LogP contribution < -0.4 is 16.4 Å². The van der Waals surface area contributed by atoms with Crippen LogP contribution in [0.3, 0.4) is 0 Å². The summed E-state index contributed by atoms with van der Waals surface area (Å²) in [5.74, 6) is -1.87. The average Bonchev–Trinajstić information content (AvgIpc) is 2.52. The van der Waals surface area contributed by atoms with E-state index in [9.17, 15) is 14.0 Å². The molecule has 0 saturated carbocycles. The van der Waals surface area contributed by atoms with Crippen molar-refractivity contribution in [3.05, 3.63) is 65.5 Å². The first-order chi connectivity index (χ1) is 10.6. The number of benzene rings is 2. The monoisotopic (exact) mass is 301 g/mol. The minimum Gasteiger partial charge on any atom is -0.366 e. The second-order valence-corrected chi connectivity index (χ2v) is 4.61. The number of rotatable bonds is 5. The van der Waals surface area contributed by atoms with Crippen LogP contribution in [0.15, 0.2) is 48.5 Å². The third-order valence-corrected chi connectivity index (χ3v) is 3.16. The summed E-state index contributed by atoms with van der Waals surface area (Å²) < 4.78 is 13.8. The number of anilines is 1. The topological polar surface area (TPSA) is 89.4 Å². The first-order valence-electron chi connectivity index (χ1n) is 6.71. The van der Waals surface area contributed by atoms with Gasteiger partial charge in [-0.05, 0) is 24.3 Å². The fraction of sp³-hybridized carbons (Fsp3) is 0.125. The van der Waals surface area contributed by atoms with E-state index in [-0.39, 0.29) is 24.2 Å². The third kappa shape index (κ3) is 3.12. The molecule has 0 aromatic heterocycles. The molecule has 2 aromatic carbocycles. The summed E-state index contributed by atoms with van der Waals surface area (Å²) in [6.07, 6.45) is 0. The Morgan fingerprint density at radius 1 is 1.00 bits per heavy atom. The molecule has 0 aliphatic rings. The minimum absolute atomic E-state index is 0.0878. The zero-order valence-corrected chi connectivity index (χ0v) is 11.8. The van der Waals surface area contributed by atoms with Crippen molar-refractivity contribution in [3.8, 4) is 0 Å². The van der Waals surface area contributed by atoms with E-state index in [1.54, 1.807) is 24.3 Å². The van der Waals surface area contributed by atoms with Crippen LogP contribution in [0.25, 0.3) is 0 Å². The first kappa shape index (κ1) is 15.7. The van der Waals surface area contributed by atoms with Crippen LogP contribution in [-0.4, -0.2) is 24.9 Å². The van der Waals surface area contributed by atoms with Crippen molar-refractivity contribution in [1.82, 2.24) is 0 Å². The molecule has 6 heteroatoms. The Bertz CT molecular complexity index is 703. The molecule has 22 heavy (non-hydrogen) atoms. The van der Waals surface area contributed by atoms with Gasteiger partial charge in [-0.3, -0.25) is 9.59 Å². The molecule has 2 amide bonds. The maximum absolute atomic E-state index is 13.8. The van der Waals surface area contributed by atoms with Crippen LogP contribution in [0.4, 0.5) is 10.1 Å². The summed E-state index contributed by atoms with van der Waals surface area (Å²) in [4.78, 5) is 25.4. The Kier molecular flexibility index (Phi) is 4.85. The number of hydrogen-bond acceptors (Lipinski definition) is 3. The van der Waals surface area contributed by atoms with E-state index in [2.05, 4.69) is 0 Å². The Morgan fingerprint density at radius 2 is 1.59 bits per heavy atom. The van der Waals surface area contributed by atoms with Crippen LogP contribution in [0, 0.1) is 5.82 Å². The molecule has 0 radical (unpaired) electrons. The Labute approximate surface area is 127 Å². The van der Waals surface area contributed by atoms with Crippen LogP contribution in [-0.2, 0) is 0 Å². The van der Waals surface area contributed by atoms with Gasteiger partial charge in [0.15, 0.2) is 0 Å². The summed E-state index contributed by atoms with van der Waals surface area (Å²) in [7, 11) is 0. The molecule has 4 N–H and O–H groups in total. The zero-order chi connectivity index (χ0) is 16.1. The Hall–Kier alpha value is -2.73. The number of carbonyl (C=O) groups is 2. The Morgan fingerprint density at radius 3 is 2.18 bits per heavy atom. The number of carbonyl (C=O) groups excluding carboxylic acids is 2. The minimum atomic E-state index is -0.668. The summed E-state index contributed by atoms with van der Waals surface area (Å²) in [5.41, 5.74) is 11.3. The smallest absolute Gasteiger partial charge is 0.261 e. The van der Waals surface area contributed by atoms with Gasteiger partial charge in [0.1, 0.15) is 5.82 Å². The van der Waals surface area contributed by atoms with Crippen LogP contribution in [0.1, 0.15) is 20.7 Å². The van der Waals surface area contributed by atoms with E-state index in [1.165, 1.54) is 29.2 Å². The fourth-order valence-electron chi connectivity index (χ4n) is 2.16. The van der Waals surface area contributed by atoms with Crippen LogP contribution in [0.5, 0.6) is 0 Å². The van der Waals surface area contributed by atoms with Crippen molar-refractivity contribution >= 4 is 17.5 Å². The average molecular weight is 301 g/mol. The normalized spacial score (nSPS) is 10.3. The highest BCUT2D eigenvalue weighted by molar-refractivity contribution is 6.10. The summed E-state index contributed by atoms with van der Waals surface area (Å²) in [5, 5.41) is 0. The molecule has 0 fully saturated rings. The van der Waals surface area contributed by atoms with Gasteiger partial charge in [0.2, 0.25) is 0 Å². The Balaban J connectivity index is 2.50. The molecule has 114 valence electrons. The standard InChI is InChI=1S/C16H16FN3O2/c17-13-7-3-1-5-11(13)16(22)20(10-9-18)14-8-4-2-6-12(14)15(19)21/h1-8H,9-10,18H2,(H2,19,21). The molecule has 0 aliphatic carbocycles. The van der Waals surface area contributed by atoms with Gasteiger partial charge in [0.05, 0.1) is 16.8 Å². The number of para-hydroxylation sites is 1. The number of halogens is 1.